The van der Waals surface area contributed by atoms with Gasteiger partial charge in [-0.3, -0.25) is 4.98 Å². The summed E-state index contributed by atoms with van der Waals surface area (Å²) in [7, 11) is 0. The Bertz CT molecular complexity index is 1110. The van der Waals surface area contributed by atoms with E-state index < -0.39 is 0 Å². The van der Waals surface area contributed by atoms with Crippen LogP contribution in [0.2, 0.25) is 0 Å². The van der Waals surface area contributed by atoms with Gasteiger partial charge in [0.15, 0.2) is 5.69 Å². The summed E-state index contributed by atoms with van der Waals surface area (Å²) in [6.45, 7) is 11.4. The molecule has 1 heterocycles. The van der Waals surface area contributed by atoms with Crippen LogP contribution in [0.5, 0.6) is 0 Å². The summed E-state index contributed by atoms with van der Waals surface area (Å²) < 4.78 is 0. The molecular weight excluding hydrogens is 292 g/mol. The number of aromatic nitrogens is 1. The van der Waals surface area contributed by atoms with Crippen LogP contribution in [-0.4, -0.2) is 4.98 Å². The van der Waals surface area contributed by atoms with Crippen LogP contribution in [0.25, 0.3) is 37.6 Å². The summed E-state index contributed by atoms with van der Waals surface area (Å²) in [5, 5.41) is 4.57. The van der Waals surface area contributed by atoms with Crippen LogP contribution in [0, 0.1) is 20.4 Å². The maximum Gasteiger partial charge on any atom is 0.187 e. The molecule has 24 heavy (non-hydrogen) atoms. The first-order chi connectivity index (χ1) is 11.7. The Hall–Kier alpha value is -3.18. The van der Waals surface area contributed by atoms with Gasteiger partial charge in [-0.25, -0.2) is 4.85 Å². The number of hydrogen-bond acceptors (Lipinski definition) is 1. The molecule has 0 radical (unpaired) electrons. The van der Waals surface area contributed by atoms with Crippen molar-refractivity contribution in [3.8, 4) is 11.3 Å². The van der Waals surface area contributed by atoms with Crippen LogP contribution in [-0.2, 0) is 0 Å². The lowest BCUT2D eigenvalue weighted by atomic mass is 9.97. The summed E-state index contributed by atoms with van der Waals surface area (Å²) >= 11 is 0. The van der Waals surface area contributed by atoms with Crippen molar-refractivity contribution in [2.45, 2.75) is 13.8 Å². The van der Waals surface area contributed by atoms with Crippen LogP contribution < -0.4 is 0 Å². The highest BCUT2D eigenvalue weighted by molar-refractivity contribution is 6.11. The predicted molar refractivity (Wildman–Crippen MR) is 100 cm³/mol. The molecule has 4 rings (SSSR count). The molecule has 0 aliphatic rings. The first-order valence-electron chi connectivity index (χ1n) is 7.93. The number of benzene rings is 3. The van der Waals surface area contributed by atoms with Gasteiger partial charge in [0.2, 0.25) is 0 Å². The highest BCUT2D eigenvalue weighted by Crippen LogP contribution is 2.33. The summed E-state index contributed by atoms with van der Waals surface area (Å²) in [5.74, 6) is 0. The summed E-state index contributed by atoms with van der Waals surface area (Å²) in [6.07, 6.45) is 1.87. The van der Waals surface area contributed by atoms with Crippen molar-refractivity contribution < 1.29 is 0 Å². The lowest BCUT2D eigenvalue weighted by molar-refractivity contribution is 1.33. The summed E-state index contributed by atoms with van der Waals surface area (Å²) in [5.41, 5.74) is 5.31. The van der Waals surface area contributed by atoms with Crippen molar-refractivity contribution in [3.63, 3.8) is 0 Å². The van der Waals surface area contributed by atoms with E-state index in [1.807, 2.05) is 24.4 Å². The van der Waals surface area contributed by atoms with Gasteiger partial charge in [-0.15, -0.1) is 0 Å². The maximum atomic E-state index is 7.18. The van der Waals surface area contributed by atoms with Gasteiger partial charge in [-0.2, -0.15) is 0 Å². The monoisotopic (exact) mass is 308 g/mol. The molecule has 4 aromatic rings. The first kappa shape index (κ1) is 14.4. The second kappa shape index (κ2) is 5.47. The highest BCUT2D eigenvalue weighted by Gasteiger charge is 2.09. The molecule has 0 amide bonds. The lowest BCUT2D eigenvalue weighted by Gasteiger charge is -2.10. The van der Waals surface area contributed by atoms with Gasteiger partial charge in [0.1, 0.15) is 0 Å². The Morgan fingerprint density at radius 2 is 1.54 bits per heavy atom. The average Bonchev–Trinajstić information content (AvgIpc) is 2.59. The van der Waals surface area contributed by atoms with E-state index in [1.165, 1.54) is 16.5 Å². The molecule has 0 spiro atoms. The van der Waals surface area contributed by atoms with Crippen molar-refractivity contribution in [2.24, 2.45) is 0 Å². The van der Waals surface area contributed by atoms with E-state index in [0.717, 1.165) is 27.4 Å². The number of rotatable bonds is 1. The fourth-order valence-electron chi connectivity index (χ4n) is 3.39. The van der Waals surface area contributed by atoms with Gasteiger partial charge in [-0.05, 0) is 54.3 Å². The third-order valence-corrected chi connectivity index (χ3v) is 4.37. The zero-order valence-electron chi connectivity index (χ0n) is 13.7. The van der Waals surface area contributed by atoms with E-state index in [9.17, 15) is 0 Å². The molecule has 2 heteroatoms. The normalized spacial score (nSPS) is 10.9. The van der Waals surface area contributed by atoms with Crippen molar-refractivity contribution >= 4 is 27.2 Å². The molecule has 2 nitrogen and oxygen atoms in total. The van der Waals surface area contributed by atoms with Crippen molar-refractivity contribution in [1.29, 1.82) is 0 Å². The van der Waals surface area contributed by atoms with E-state index in [1.54, 1.807) is 0 Å². The Balaban J connectivity index is 2.05. The molecule has 1 aromatic heterocycles. The van der Waals surface area contributed by atoms with Gasteiger partial charge < -0.3 is 0 Å². The second-order valence-corrected chi connectivity index (χ2v) is 6.21. The maximum absolute atomic E-state index is 7.18. The topological polar surface area (TPSA) is 17.2 Å². The Morgan fingerprint density at radius 3 is 2.29 bits per heavy atom. The summed E-state index contributed by atoms with van der Waals surface area (Å²) in [4.78, 5) is 8.17. The smallest absolute Gasteiger partial charge is 0.187 e. The molecule has 0 N–H and O–H groups in total. The van der Waals surface area contributed by atoms with E-state index in [-0.39, 0.29) is 0 Å². The van der Waals surface area contributed by atoms with Crippen LogP contribution in [0.3, 0.4) is 0 Å². The Morgan fingerprint density at radius 1 is 0.792 bits per heavy atom. The molecule has 0 unspecified atom stereocenters. The van der Waals surface area contributed by atoms with Crippen LogP contribution in [0.1, 0.15) is 11.1 Å². The van der Waals surface area contributed by atoms with Gasteiger partial charge >= 0.3 is 0 Å². The molecule has 0 atom stereocenters. The molecule has 3 aromatic carbocycles. The van der Waals surface area contributed by atoms with E-state index >= 15 is 0 Å². The second-order valence-electron chi connectivity index (χ2n) is 6.21. The zero-order valence-corrected chi connectivity index (χ0v) is 13.7. The van der Waals surface area contributed by atoms with Gasteiger partial charge in [0, 0.05) is 17.1 Å². The number of hydrogen-bond donors (Lipinski definition) is 0. The largest absolute Gasteiger partial charge is 0.256 e. The predicted octanol–water partition coefficient (Wildman–Crippen LogP) is 6.22. The van der Waals surface area contributed by atoms with Crippen LogP contribution in [0.4, 0.5) is 5.69 Å². The molecular formula is C22H16N2. The van der Waals surface area contributed by atoms with Crippen LogP contribution in [0.15, 0.2) is 60.8 Å². The van der Waals surface area contributed by atoms with E-state index in [2.05, 4.69) is 60.1 Å². The standard InChI is InChI=1S/C22H16N2/c1-14-10-15(2)12-17(11-14)22-21-6-4-16-13-18(23-3)5-7-19(16)20(21)8-9-24-22/h4-13H,1-2H3. The molecule has 0 aliphatic heterocycles. The minimum Gasteiger partial charge on any atom is -0.256 e. The zero-order chi connectivity index (χ0) is 16.7. The minimum atomic E-state index is 0.672. The molecule has 0 saturated heterocycles. The van der Waals surface area contributed by atoms with Gasteiger partial charge in [0.25, 0.3) is 0 Å². The third-order valence-electron chi connectivity index (χ3n) is 4.37. The first-order valence-corrected chi connectivity index (χ1v) is 7.93. The molecule has 0 aliphatic carbocycles. The fourth-order valence-corrected chi connectivity index (χ4v) is 3.39. The molecule has 0 saturated carbocycles. The average molecular weight is 308 g/mol. The molecule has 0 bridgehead atoms. The van der Waals surface area contributed by atoms with Crippen molar-refractivity contribution in [3.05, 3.63) is 83.3 Å². The fraction of sp³-hybridized carbons (Fsp3) is 0.0909. The van der Waals surface area contributed by atoms with Gasteiger partial charge in [-0.1, -0.05) is 41.5 Å². The number of pyridine rings is 1. The molecule has 114 valence electrons. The summed E-state index contributed by atoms with van der Waals surface area (Å²) in [6, 6.07) is 18.7. The van der Waals surface area contributed by atoms with E-state index in [4.69, 9.17) is 6.57 Å². The number of aryl methyl sites for hydroxylation is 2. The number of fused-ring (bicyclic) bond motifs is 3. The molecule has 0 fully saturated rings. The third kappa shape index (κ3) is 2.31. The van der Waals surface area contributed by atoms with Crippen molar-refractivity contribution in [2.75, 3.05) is 0 Å². The minimum absolute atomic E-state index is 0.672. The number of nitrogens with zero attached hydrogens (tertiary/aromatic N) is 2. The highest BCUT2D eigenvalue weighted by atomic mass is 14.7. The van der Waals surface area contributed by atoms with E-state index in [0.29, 0.717) is 5.69 Å². The SMILES string of the molecule is [C-]#[N+]c1ccc2c(ccc3c(-c4cc(C)cc(C)c4)nccc32)c1. The van der Waals surface area contributed by atoms with Crippen molar-refractivity contribution in [1.82, 2.24) is 4.98 Å². The Labute approximate surface area is 141 Å². The Kier molecular flexibility index (Phi) is 3.29. The van der Waals surface area contributed by atoms with Crippen LogP contribution >= 0.6 is 0 Å². The lowest BCUT2D eigenvalue weighted by Crippen LogP contribution is -1.89. The quantitative estimate of drug-likeness (QED) is 0.301. The van der Waals surface area contributed by atoms with Gasteiger partial charge in [0.05, 0.1) is 12.3 Å².